The predicted octanol–water partition coefficient (Wildman–Crippen LogP) is 2.82. The Kier molecular flexibility index (Phi) is 3.19. The molecule has 0 bridgehead atoms. The highest BCUT2D eigenvalue weighted by Crippen LogP contribution is 2.20. The molecule has 0 saturated carbocycles. The summed E-state index contributed by atoms with van der Waals surface area (Å²) in [6.07, 6.45) is 5.72. The largest absolute Gasteiger partial charge is 0.267 e. The highest BCUT2D eigenvalue weighted by atomic mass is 32.2. The summed E-state index contributed by atoms with van der Waals surface area (Å²) in [7, 11) is 0. The van der Waals surface area contributed by atoms with Crippen LogP contribution in [0.2, 0.25) is 0 Å². The van der Waals surface area contributed by atoms with Gasteiger partial charge in [-0.3, -0.25) is 4.68 Å². The van der Waals surface area contributed by atoms with Gasteiger partial charge in [0.15, 0.2) is 5.16 Å². The average Bonchev–Trinajstić information content (AvgIpc) is 2.78. The normalized spacial score (nSPS) is 11.8. The zero-order chi connectivity index (χ0) is 12.5. The van der Waals surface area contributed by atoms with Gasteiger partial charge in [0.2, 0.25) is 0 Å². The van der Waals surface area contributed by atoms with Gasteiger partial charge >= 0.3 is 0 Å². The molecule has 2 heterocycles. The Morgan fingerprint density at radius 2 is 1.94 bits per heavy atom. The van der Waals surface area contributed by atoms with E-state index >= 15 is 0 Å². The van der Waals surface area contributed by atoms with Gasteiger partial charge in [-0.1, -0.05) is 11.8 Å². The van der Waals surface area contributed by atoms with Gasteiger partial charge in [-0.25, -0.2) is 9.97 Å². The molecule has 2 rings (SSSR count). The van der Waals surface area contributed by atoms with Crippen molar-refractivity contribution in [2.45, 2.75) is 31.5 Å². The third kappa shape index (κ3) is 2.66. The average molecular weight is 248 g/mol. The van der Waals surface area contributed by atoms with Crippen LogP contribution in [0.15, 0.2) is 29.7 Å². The molecule has 17 heavy (non-hydrogen) atoms. The first-order valence-corrected chi connectivity index (χ1v) is 6.67. The molecule has 0 N–H and O–H groups in total. The van der Waals surface area contributed by atoms with Gasteiger partial charge in [0.05, 0.1) is 11.2 Å². The summed E-state index contributed by atoms with van der Waals surface area (Å²) >= 11 is 1.53. The topological polar surface area (TPSA) is 43.6 Å². The highest BCUT2D eigenvalue weighted by molar-refractivity contribution is 7.98. The third-order valence-electron chi connectivity index (χ3n) is 2.35. The summed E-state index contributed by atoms with van der Waals surface area (Å²) in [5.74, 6) is 0. The van der Waals surface area contributed by atoms with Gasteiger partial charge in [0, 0.05) is 12.4 Å². The number of hydrogen-bond acceptors (Lipinski definition) is 4. The minimum Gasteiger partial charge on any atom is -0.267 e. The van der Waals surface area contributed by atoms with E-state index in [-0.39, 0.29) is 5.54 Å². The van der Waals surface area contributed by atoms with Crippen LogP contribution in [0.25, 0.3) is 11.4 Å². The van der Waals surface area contributed by atoms with Gasteiger partial charge in [-0.15, -0.1) is 0 Å². The molecule has 4 nitrogen and oxygen atoms in total. The molecule has 0 spiro atoms. The van der Waals surface area contributed by atoms with Crippen molar-refractivity contribution >= 4 is 11.8 Å². The number of rotatable bonds is 2. The van der Waals surface area contributed by atoms with Crippen LogP contribution in [0, 0.1) is 0 Å². The predicted molar refractivity (Wildman–Crippen MR) is 70.0 cm³/mol. The number of hydrogen-bond donors (Lipinski definition) is 0. The molecule has 0 radical (unpaired) electrons. The van der Waals surface area contributed by atoms with Crippen LogP contribution in [0.4, 0.5) is 0 Å². The molecule has 2 aromatic heterocycles. The van der Waals surface area contributed by atoms with E-state index in [2.05, 4.69) is 35.8 Å². The van der Waals surface area contributed by atoms with E-state index in [4.69, 9.17) is 0 Å². The van der Waals surface area contributed by atoms with Crippen molar-refractivity contribution in [1.29, 1.82) is 0 Å². The lowest BCUT2D eigenvalue weighted by Crippen LogP contribution is -2.22. The smallest absolute Gasteiger partial charge is 0.187 e. The van der Waals surface area contributed by atoms with Gasteiger partial charge in [0.25, 0.3) is 0 Å². The van der Waals surface area contributed by atoms with Crippen LogP contribution < -0.4 is 0 Å². The van der Waals surface area contributed by atoms with Gasteiger partial charge in [-0.2, -0.15) is 5.10 Å². The highest BCUT2D eigenvalue weighted by Gasteiger charge is 2.15. The molecule has 0 unspecified atom stereocenters. The minimum absolute atomic E-state index is 0.00633. The van der Waals surface area contributed by atoms with Crippen LogP contribution in [0.3, 0.4) is 0 Å². The second kappa shape index (κ2) is 4.49. The maximum absolute atomic E-state index is 4.54. The first-order chi connectivity index (χ1) is 8.00. The fourth-order valence-electron chi connectivity index (χ4n) is 1.42. The molecule has 0 aromatic carbocycles. The molecule has 90 valence electrons. The SMILES string of the molecule is CSc1nccc(-c2ccn(C(C)(C)C)n2)n1. The lowest BCUT2D eigenvalue weighted by atomic mass is 10.1. The van der Waals surface area contributed by atoms with E-state index in [1.165, 1.54) is 11.8 Å². The summed E-state index contributed by atoms with van der Waals surface area (Å²) in [4.78, 5) is 8.59. The fourth-order valence-corrected chi connectivity index (χ4v) is 1.77. The van der Waals surface area contributed by atoms with Crippen molar-refractivity contribution < 1.29 is 0 Å². The van der Waals surface area contributed by atoms with Crippen LogP contribution in [-0.2, 0) is 5.54 Å². The van der Waals surface area contributed by atoms with E-state index in [0.29, 0.717) is 0 Å². The minimum atomic E-state index is -0.00633. The van der Waals surface area contributed by atoms with Crippen LogP contribution in [-0.4, -0.2) is 26.0 Å². The van der Waals surface area contributed by atoms with E-state index in [1.54, 1.807) is 6.20 Å². The van der Waals surface area contributed by atoms with Crippen molar-refractivity contribution in [2.24, 2.45) is 0 Å². The van der Waals surface area contributed by atoms with Crippen LogP contribution >= 0.6 is 11.8 Å². The standard InChI is InChI=1S/C12H16N4S/c1-12(2,3)16-8-6-10(15-16)9-5-7-13-11(14-9)17-4/h5-8H,1-4H3. The molecular weight excluding hydrogens is 232 g/mol. The molecule has 0 fully saturated rings. The fraction of sp³-hybridized carbons (Fsp3) is 0.417. The Bertz CT molecular complexity index is 513. The summed E-state index contributed by atoms with van der Waals surface area (Å²) in [6, 6.07) is 3.87. The number of thioether (sulfide) groups is 1. The molecule has 0 amide bonds. The maximum Gasteiger partial charge on any atom is 0.187 e. The van der Waals surface area contributed by atoms with Crippen molar-refractivity contribution in [3.63, 3.8) is 0 Å². The van der Waals surface area contributed by atoms with Crippen LogP contribution in [0.1, 0.15) is 20.8 Å². The summed E-state index contributed by atoms with van der Waals surface area (Å²) in [6.45, 7) is 6.37. The first kappa shape index (κ1) is 12.1. The first-order valence-electron chi connectivity index (χ1n) is 5.44. The Morgan fingerprint density at radius 3 is 2.53 bits per heavy atom. The second-order valence-corrected chi connectivity index (χ2v) is 5.52. The third-order valence-corrected chi connectivity index (χ3v) is 2.92. The van der Waals surface area contributed by atoms with Gasteiger partial charge in [0.1, 0.15) is 5.69 Å². The Hall–Kier alpha value is -1.36. The monoisotopic (exact) mass is 248 g/mol. The Labute approximate surface area is 105 Å². The van der Waals surface area contributed by atoms with E-state index < -0.39 is 0 Å². The lowest BCUT2D eigenvalue weighted by molar-refractivity contribution is 0.356. The van der Waals surface area contributed by atoms with E-state index in [1.807, 2.05) is 29.3 Å². The van der Waals surface area contributed by atoms with E-state index in [0.717, 1.165) is 16.5 Å². The molecule has 0 aliphatic rings. The van der Waals surface area contributed by atoms with Crippen molar-refractivity contribution in [3.05, 3.63) is 24.5 Å². The van der Waals surface area contributed by atoms with Crippen molar-refractivity contribution in [1.82, 2.24) is 19.7 Å². The summed E-state index contributed by atoms with van der Waals surface area (Å²) < 4.78 is 1.95. The lowest BCUT2D eigenvalue weighted by Gasteiger charge is -2.18. The second-order valence-electron chi connectivity index (χ2n) is 4.74. The molecule has 0 saturated heterocycles. The quantitative estimate of drug-likeness (QED) is 0.605. The van der Waals surface area contributed by atoms with Gasteiger partial charge in [-0.05, 0) is 39.2 Å². The van der Waals surface area contributed by atoms with Crippen molar-refractivity contribution in [3.8, 4) is 11.4 Å². The van der Waals surface area contributed by atoms with Crippen LogP contribution in [0.5, 0.6) is 0 Å². The zero-order valence-electron chi connectivity index (χ0n) is 10.5. The van der Waals surface area contributed by atoms with Gasteiger partial charge < -0.3 is 0 Å². The Balaban J connectivity index is 2.37. The Morgan fingerprint density at radius 1 is 1.18 bits per heavy atom. The molecular formula is C12H16N4S. The number of nitrogens with zero attached hydrogens (tertiary/aromatic N) is 4. The van der Waals surface area contributed by atoms with Crippen molar-refractivity contribution in [2.75, 3.05) is 6.26 Å². The molecule has 0 aliphatic carbocycles. The summed E-state index contributed by atoms with van der Waals surface area (Å²) in [5, 5.41) is 5.32. The summed E-state index contributed by atoms with van der Waals surface area (Å²) in [5.41, 5.74) is 1.75. The zero-order valence-corrected chi connectivity index (χ0v) is 11.3. The molecule has 2 aromatic rings. The maximum atomic E-state index is 4.54. The molecule has 5 heteroatoms. The molecule has 0 aliphatic heterocycles. The molecule has 0 atom stereocenters. The van der Waals surface area contributed by atoms with E-state index in [9.17, 15) is 0 Å². The number of aromatic nitrogens is 4.